The van der Waals surface area contributed by atoms with Crippen LogP contribution in [0.4, 0.5) is 5.82 Å². The standard InChI is InChI=1S/C10H15Cl2N3/c1-10(2,6-13)15(3)9-8(12)4-7(11)5-14-9/h4-5H,6,13H2,1-3H3. The first-order valence-electron chi connectivity index (χ1n) is 4.63. The number of aromatic nitrogens is 1. The van der Waals surface area contributed by atoms with Crippen LogP contribution < -0.4 is 10.6 Å². The molecule has 0 aliphatic rings. The normalized spacial score (nSPS) is 11.6. The first-order valence-corrected chi connectivity index (χ1v) is 5.39. The van der Waals surface area contributed by atoms with Gasteiger partial charge in [0.2, 0.25) is 0 Å². The summed E-state index contributed by atoms with van der Waals surface area (Å²) in [5.41, 5.74) is 5.50. The van der Waals surface area contributed by atoms with Crippen LogP contribution in [-0.4, -0.2) is 24.1 Å². The monoisotopic (exact) mass is 247 g/mol. The van der Waals surface area contributed by atoms with Gasteiger partial charge in [-0.2, -0.15) is 0 Å². The molecule has 0 aliphatic heterocycles. The van der Waals surface area contributed by atoms with Crippen LogP contribution in [-0.2, 0) is 0 Å². The highest BCUT2D eigenvalue weighted by atomic mass is 35.5. The van der Waals surface area contributed by atoms with Crippen molar-refractivity contribution in [3.05, 3.63) is 22.3 Å². The Balaban J connectivity index is 3.06. The number of rotatable bonds is 3. The molecule has 0 spiro atoms. The highest BCUT2D eigenvalue weighted by molar-refractivity contribution is 6.36. The number of hydrogen-bond donors (Lipinski definition) is 1. The summed E-state index contributed by atoms with van der Waals surface area (Å²) in [6, 6.07) is 1.68. The Morgan fingerprint density at radius 3 is 2.53 bits per heavy atom. The largest absolute Gasteiger partial charge is 0.352 e. The summed E-state index contributed by atoms with van der Waals surface area (Å²) in [5, 5.41) is 1.06. The number of nitrogens with two attached hydrogens (primary N) is 1. The molecule has 0 aliphatic carbocycles. The molecule has 1 aromatic heterocycles. The van der Waals surface area contributed by atoms with Crippen LogP contribution in [0.3, 0.4) is 0 Å². The molecule has 1 rings (SSSR count). The molecule has 0 saturated carbocycles. The molecule has 2 N–H and O–H groups in total. The first kappa shape index (κ1) is 12.6. The highest BCUT2D eigenvalue weighted by Crippen LogP contribution is 2.28. The number of hydrogen-bond acceptors (Lipinski definition) is 3. The van der Waals surface area contributed by atoms with Crippen molar-refractivity contribution in [1.29, 1.82) is 0 Å². The van der Waals surface area contributed by atoms with Crippen molar-refractivity contribution in [1.82, 2.24) is 4.98 Å². The predicted molar refractivity (Wildman–Crippen MR) is 65.8 cm³/mol. The van der Waals surface area contributed by atoms with Crippen molar-refractivity contribution in [2.75, 3.05) is 18.5 Å². The summed E-state index contributed by atoms with van der Waals surface area (Å²) in [6.45, 7) is 4.57. The summed E-state index contributed by atoms with van der Waals surface area (Å²) >= 11 is 11.8. The van der Waals surface area contributed by atoms with Crippen LogP contribution in [0.1, 0.15) is 13.8 Å². The van der Waals surface area contributed by atoms with Crippen molar-refractivity contribution in [3.63, 3.8) is 0 Å². The average Bonchev–Trinajstić information content (AvgIpc) is 2.17. The molecule has 0 radical (unpaired) electrons. The highest BCUT2D eigenvalue weighted by Gasteiger charge is 2.24. The minimum Gasteiger partial charge on any atom is -0.352 e. The van der Waals surface area contributed by atoms with E-state index < -0.39 is 0 Å². The minimum atomic E-state index is -0.190. The van der Waals surface area contributed by atoms with Gasteiger partial charge < -0.3 is 10.6 Å². The smallest absolute Gasteiger partial charge is 0.147 e. The fraction of sp³-hybridized carbons (Fsp3) is 0.500. The lowest BCUT2D eigenvalue weighted by Gasteiger charge is -2.35. The molecule has 0 fully saturated rings. The fourth-order valence-corrected chi connectivity index (χ4v) is 1.58. The first-order chi connectivity index (χ1) is 6.88. The average molecular weight is 248 g/mol. The van der Waals surface area contributed by atoms with E-state index in [0.717, 1.165) is 0 Å². The molecule has 15 heavy (non-hydrogen) atoms. The zero-order chi connectivity index (χ0) is 11.6. The van der Waals surface area contributed by atoms with Gasteiger partial charge in [0.05, 0.1) is 10.0 Å². The predicted octanol–water partition coefficient (Wildman–Crippen LogP) is 2.56. The van der Waals surface area contributed by atoms with Crippen molar-refractivity contribution in [2.24, 2.45) is 5.73 Å². The molecule has 84 valence electrons. The SMILES string of the molecule is CN(c1ncc(Cl)cc1Cl)C(C)(C)CN. The molecule has 1 aromatic rings. The zero-order valence-electron chi connectivity index (χ0n) is 9.09. The third-order valence-electron chi connectivity index (χ3n) is 2.51. The van der Waals surface area contributed by atoms with Gasteiger partial charge in [-0.1, -0.05) is 23.2 Å². The molecule has 3 nitrogen and oxygen atoms in total. The molecule has 1 heterocycles. The molecule has 0 aromatic carbocycles. The van der Waals surface area contributed by atoms with Gasteiger partial charge in [-0.05, 0) is 19.9 Å². The summed E-state index contributed by atoms with van der Waals surface area (Å²) in [7, 11) is 1.91. The van der Waals surface area contributed by atoms with Crippen molar-refractivity contribution < 1.29 is 0 Å². The second-order valence-electron chi connectivity index (χ2n) is 4.03. The maximum Gasteiger partial charge on any atom is 0.147 e. The molecule has 5 heteroatoms. The number of nitrogens with zero attached hydrogens (tertiary/aromatic N) is 2. The van der Waals surface area contributed by atoms with Crippen molar-refractivity contribution >= 4 is 29.0 Å². The van der Waals surface area contributed by atoms with Gasteiger partial charge in [0.25, 0.3) is 0 Å². The summed E-state index contributed by atoms with van der Waals surface area (Å²) in [5.74, 6) is 0.691. The Hall–Kier alpha value is -0.510. The summed E-state index contributed by atoms with van der Waals surface area (Å²) < 4.78 is 0. The summed E-state index contributed by atoms with van der Waals surface area (Å²) in [4.78, 5) is 6.15. The Kier molecular flexibility index (Phi) is 3.82. The Morgan fingerprint density at radius 2 is 2.07 bits per heavy atom. The quantitative estimate of drug-likeness (QED) is 0.893. The lowest BCUT2D eigenvalue weighted by molar-refractivity contribution is 0.495. The van der Waals surface area contributed by atoms with Gasteiger partial charge in [0.1, 0.15) is 5.82 Å². The molecule has 0 atom stereocenters. The number of pyridine rings is 1. The number of halogens is 2. The minimum absolute atomic E-state index is 0.190. The molecule has 0 amide bonds. The van der Waals surface area contributed by atoms with Crippen LogP contribution in [0.2, 0.25) is 10.0 Å². The lowest BCUT2D eigenvalue weighted by Crippen LogP contribution is -2.47. The topological polar surface area (TPSA) is 42.2 Å². The van der Waals surface area contributed by atoms with Gasteiger partial charge in [-0.15, -0.1) is 0 Å². The van der Waals surface area contributed by atoms with Gasteiger partial charge in [-0.25, -0.2) is 4.98 Å². The lowest BCUT2D eigenvalue weighted by atomic mass is 10.0. The zero-order valence-corrected chi connectivity index (χ0v) is 10.6. The number of likely N-dealkylation sites (N-methyl/N-ethyl adjacent to an activating group) is 1. The van der Waals surface area contributed by atoms with E-state index in [4.69, 9.17) is 28.9 Å². The van der Waals surface area contributed by atoms with Gasteiger partial charge in [-0.3, -0.25) is 0 Å². The van der Waals surface area contributed by atoms with E-state index in [1.54, 1.807) is 12.3 Å². The van der Waals surface area contributed by atoms with Gasteiger partial charge in [0, 0.05) is 25.3 Å². The van der Waals surface area contributed by atoms with Crippen LogP contribution >= 0.6 is 23.2 Å². The van der Waals surface area contributed by atoms with Crippen LogP contribution in [0.5, 0.6) is 0 Å². The van der Waals surface area contributed by atoms with E-state index in [1.807, 2.05) is 25.8 Å². The maximum atomic E-state index is 6.06. The van der Waals surface area contributed by atoms with E-state index in [-0.39, 0.29) is 5.54 Å². The van der Waals surface area contributed by atoms with E-state index in [1.165, 1.54) is 0 Å². The summed E-state index contributed by atoms with van der Waals surface area (Å²) in [6.07, 6.45) is 1.58. The van der Waals surface area contributed by atoms with Crippen molar-refractivity contribution in [3.8, 4) is 0 Å². The molecule has 0 unspecified atom stereocenters. The Bertz CT molecular complexity index is 353. The van der Waals surface area contributed by atoms with Crippen LogP contribution in [0, 0.1) is 0 Å². The molecular weight excluding hydrogens is 233 g/mol. The van der Waals surface area contributed by atoms with E-state index in [0.29, 0.717) is 22.4 Å². The molecule has 0 saturated heterocycles. The Labute approximate surface area is 100 Å². The molecular formula is C10H15Cl2N3. The van der Waals surface area contributed by atoms with E-state index in [2.05, 4.69) is 4.98 Å². The number of anilines is 1. The van der Waals surface area contributed by atoms with E-state index in [9.17, 15) is 0 Å². The van der Waals surface area contributed by atoms with Gasteiger partial charge >= 0.3 is 0 Å². The molecule has 0 bridgehead atoms. The third kappa shape index (κ3) is 2.74. The third-order valence-corrected chi connectivity index (χ3v) is 3.00. The maximum absolute atomic E-state index is 6.06. The van der Waals surface area contributed by atoms with Crippen LogP contribution in [0.15, 0.2) is 12.3 Å². The fourth-order valence-electron chi connectivity index (χ4n) is 1.08. The van der Waals surface area contributed by atoms with Crippen molar-refractivity contribution in [2.45, 2.75) is 19.4 Å². The Morgan fingerprint density at radius 1 is 1.47 bits per heavy atom. The van der Waals surface area contributed by atoms with Gasteiger partial charge in [0.15, 0.2) is 0 Å². The second-order valence-corrected chi connectivity index (χ2v) is 4.88. The van der Waals surface area contributed by atoms with E-state index >= 15 is 0 Å². The second kappa shape index (κ2) is 4.56. The van der Waals surface area contributed by atoms with Crippen LogP contribution in [0.25, 0.3) is 0 Å².